The number of ether oxygens (including phenoxy) is 2. The predicted octanol–water partition coefficient (Wildman–Crippen LogP) is 8.47. The molecule has 0 bridgehead atoms. The van der Waals surface area contributed by atoms with Gasteiger partial charge in [-0.1, -0.05) is 92.2 Å². The van der Waals surface area contributed by atoms with Gasteiger partial charge >= 0.3 is 0 Å². The van der Waals surface area contributed by atoms with E-state index in [1.807, 2.05) is 49.7 Å². The van der Waals surface area contributed by atoms with Crippen LogP contribution in [0.2, 0.25) is 0 Å². The highest BCUT2D eigenvalue weighted by atomic mass is 79.9. The molecule has 4 unspecified atom stereocenters. The first-order valence-corrected chi connectivity index (χ1v) is 23.4. The number of likely N-dealkylation sites (N-methyl/N-ethyl adjacent to an activating group) is 2. The van der Waals surface area contributed by atoms with Crippen molar-refractivity contribution in [3.63, 3.8) is 0 Å². The summed E-state index contributed by atoms with van der Waals surface area (Å²) in [7, 11) is 3.52. The molecule has 0 aromatic heterocycles. The van der Waals surface area contributed by atoms with Gasteiger partial charge in [0.15, 0.2) is 22.2 Å². The van der Waals surface area contributed by atoms with Crippen LogP contribution in [0.1, 0.15) is 78.8 Å². The molecule has 10 rings (SSSR count). The lowest BCUT2D eigenvalue weighted by atomic mass is 9.73. The van der Waals surface area contributed by atoms with Crippen molar-refractivity contribution in [3.05, 3.63) is 127 Å². The minimum absolute atomic E-state index is 0.0430. The Labute approximate surface area is 373 Å². The SMILES string of the molecule is CCO.CN1C(=O)C2(CC3(CCCc4ccccc4C3)Oc3ccc(Br)cc32)N=C1N.CSC1=NC2(CC3(CCCc4ccccc4C3)Oc3ccc(Br)cc32)C(=O)N1C. The second-order valence-corrected chi connectivity index (χ2v) is 19.2. The van der Waals surface area contributed by atoms with Crippen LogP contribution in [0.3, 0.4) is 0 Å². The number of fused-ring (bicyclic) bond motifs is 6. The zero-order chi connectivity index (χ0) is 42.5. The molecule has 4 aromatic carbocycles. The minimum atomic E-state index is -1.02. The van der Waals surface area contributed by atoms with E-state index in [9.17, 15) is 9.59 Å². The van der Waals surface area contributed by atoms with Crippen molar-refractivity contribution in [1.82, 2.24) is 9.80 Å². The number of aliphatic hydroxyl groups excluding tert-OH is 1. The van der Waals surface area contributed by atoms with Crippen molar-refractivity contribution in [2.75, 3.05) is 27.0 Å². The second kappa shape index (κ2) is 16.6. The Morgan fingerprint density at radius 3 is 1.57 bits per heavy atom. The third-order valence-corrected chi connectivity index (χ3v) is 14.4. The minimum Gasteiger partial charge on any atom is -0.486 e. The Bertz CT molecular complexity index is 2410. The highest BCUT2D eigenvalue weighted by Crippen LogP contribution is 2.54. The monoisotopic (exact) mass is 955 g/mol. The van der Waals surface area contributed by atoms with Crippen LogP contribution in [0.15, 0.2) is 104 Å². The van der Waals surface area contributed by atoms with Crippen LogP contribution in [-0.2, 0) is 46.4 Å². The number of thioether (sulfide) groups is 1. The van der Waals surface area contributed by atoms with Crippen molar-refractivity contribution in [1.29, 1.82) is 0 Å². The van der Waals surface area contributed by atoms with E-state index in [0.717, 1.165) is 88.1 Å². The number of guanidine groups is 1. The van der Waals surface area contributed by atoms with Gasteiger partial charge in [0.25, 0.3) is 11.8 Å². The molecule has 4 heterocycles. The number of amidine groups is 1. The Balaban J connectivity index is 0.000000156. The summed E-state index contributed by atoms with van der Waals surface area (Å²) >= 11 is 8.63. The molecule has 4 spiro atoms. The number of rotatable bonds is 0. The summed E-state index contributed by atoms with van der Waals surface area (Å²) in [6, 6.07) is 29.0. The molecular formula is C47H51Br2N5O5S. The van der Waals surface area contributed by atoms with Gasteiger partial charge < -0.3 is 20.3 Å². The zero-order valence-electron chi connectivity index (χ0n) is 34.5. The summed E-state index contributed by atoms with van der Waals surface area (Å²) < 4.78 is 15.2. The van der Waals surface area contributed by atoms with E-state index in [0.29, 0.717) is 12.8 Å². The number of nitrogens with zero attached hydrogens (tertiary/aromatic N) is 4. The van der Waals surface area contributed by atoms with Gasteiger partial charge in [-0.15, -0.1) is 0 Å². The first-order valence-electron chi connectivity index (χ1n) is 20.6. The number of carbonyl (C=O) groups excluding carboxylic acids is 2. The smallest absolute Gasteiger partial charge is 0.261 e. The third kappa shape index (κ3) is 7.47. The van der Waals surface area contributed by atoms with Crippen molar-refractivity contribution >= 4 is 66.6 Å². The van der Waals surface area contributed by atoms with Crippen LogP contribution in [0.5, 0.6) is 11.5 Å². The maximum Gasteiger partial charge on any atom is 0.261 e. The standard InChI is InChI=1S/C23H23BrN2O2S.C22H22BrN3O2.C2H6O/c1-26-20(27)23(25-21(26)29-2)14-22(28-19-10-9-17(24)12-18(19)23)11-5-8-15-6-3-4-7-16(15)13-22;1-26-19(27)22(25-20(26)24)13-21(28-18-9-8-16(23)11-17(18)22)10-4-7-14-5-2-3-6-15(14)12-21;1-2-3/h3-4,6-7,9-10,12H,5,8,11,13-14H2,1-2H3;2-3,5-6,8-9,11H,4,7,10,12-13H2,1H3,(H2,24,25);3H,2H2,1H3. The van der Waals surface area contributed by atoms with Crippen LogP contribution in [0.25, 0.3) is 0 Å². The molecule has 4 aliphatic heterocycles. The van der Waals surface area contributed by atoms with E-state index in [1.165, 1.54) is 38.9 Å². The van der Waals surface area contributed by atoms with Crippen molar-refractivity contribution in [2.45, 2.75) is 93.4 Å². The van der Waals surface area contributed by atoms with Crippen LogP contribution in [-0.4, -0.2) is 76.0 Å². The van der Waals surface area contributed by atoms with Crippen LogP contribution >= 0.6 is 43.6 Å². The molecule has 4 aromatic rings. The maximum absolute atomic E-state index is 13.6. The fourth-order valence-electron chi connectivity index (χ4n) is 10.1. The number of hydrogen-bond acceptors (Lipinski definition) is 9. The Morgan fingerprint density at radius 2 is 1.15 bits per heavy atom. The van der Waals surface area contributed by atoms with Gasteiger partial charge in [0.05, 0.1) is 0 Å². The molecule has 60 heavy (non-hydrogen) atoms. The summed E-state index contributed by atoms with van der Waals surface area (Å²) in [5, 5.41) is 8.34. The number of aliphatic imine (C=N–C) groups is 2. The molecule has 4 atom stereocenters. The molecule has 13 heteroatoms. The fourth-order valence-corrected chi connectivity index (χ4v) is 11.4. The van der Waals surface area contributed by atoms with E-state index in [2.05, 4.69) is 80.4 Å². The van der Waals surface area contributed by atoms with Gasteiger partial charge in [-0.3, -0.25) is 19.4 Å². The summed E-state index contributed by atoms with van der Waals surface area (Å²) in [5.74, 6) is 1.74. The number of amides is 2. The molecule has 2 amide bonds. The lowest BCUT2D eigenvalue weighted by molar-refractivity contribution is -0.135. The fraction of sp³-hybridized carbons (Fsp3) is 0.404. The number of benzene rings is 4. The molecule has 10 nitrogen and oxygen atoms in total. The number of hydrogen-bond donors (Lipinski definition) is 2. The summed E-state index contributed by atoms with van der Waals surface area (Å²) in [6.07, 6.45) is 10.6. The summed E-state index contributed by atoms with van der Waals surface area (Å²) in [6.45, 7) is 1.93. The Morgan fingerprint density at radius 1 is 0.717 bits per heavy atom. The molecule has 0 saturated carbocycles. The lowest BCUT2D eigenvalue weighted by Gasteiger charge is -2.45. The topological polar surface area (TPSA) is 130 Å². The first-order chi connectivity index (χ1) is 28.8. The van der Waals surface area contributed by atoms with Crippen molar-refractivity contribution in [3.8, 4) is 11.5 Å². The Hall–Kier alpha value is -4.17. The lowest BCUT2D eigenvalue weighted by Crippen LogP contribution is -2.52. The average Bonchev–Trinajstić information content (AvgIpc) is 3.41. The molecule has 3 N–H and O–H groups in total. The molecule has 0 saturated heterocycles. The van der Waals surface area contributed by atoms with Gasteiger partial charge in [-0.05, 0) is 110 Å². The van der Waals surface area contributed by atoms with Gasteiger partial charge in [-0.25, -0.2) is 9.98 Å². The van der Waals surface area contributed by atoms with Crippen LogP contribution in [0.4, 0.5) is 0 Å². The van der Waals surface area contributed by atoms with Gasteiger partial charge in [-0.2, -0.15) is 0 Å². The molecule has 6 aliphatic rings. The number of carbonyl (C=O) groups is 2. The largest absolute Gasteiger partial charge is 0.486 e. The van der Waals surface area contributed by atoms with E-state index in [-0.39, 0.29) is 24.4 Å². The number of nitrogens with two attached hydrogens (primary N) is 1. The highest BCUT2D eigenvalue weighted by Gasteiger charge is 2.59. The quantitative estimate of drug-likeness (QED) is 0.181. The summed E-state index contributed by atoms with van der Waals surface area (Å²) in [4.78, 5) is 39.9. The average molecular weight is 958 g/mol. The van der Waals surface area contributed by atoms with Crippen LogP contribution < -0.4 is 15.2 Å². The molecule has 0 radical (unpaired) electrons. The second-order valence-electron chi connectivity index (χ2n) is 16.6. The highest BCUT2D eigenvalue weighted by molar-refractivity contribution is 9.10. The third-order valence-electron chi connectivity index (χ3n) is 12.7. The summed E-state index contributed by atoms with van der Waals surface area (Å²) in [5.41, 5.74) is 10.3. The molecule has 0 fully saturated rings. The number of aryl methyl sites for hydroxylation is 2. The zero-order valence-corrected chi connectivity index (χ0v) is 38.5. The van der Waals surface area contributed by atoms with Crippen LogP contribution in [0, 0.1) is 0 Å². The molecule has 2 aliphatic carbocycles. The molecule has 314 valence electrons. The number of aliphatic hydroxyl groups is 1. The van der Waals surface area contributed by atoms with E-state index in [4.69, 9.17) is 30.3 Å². The maximum atomic E-state index is 13.6. The Kier molecular flexibility index (Phi) is 11.8. The van der Waals surface area contributed by atoms with E-state index >= 15 is 0 Å². The van der Waals surface area contributed by atoms with Crippen molar-refractivity contribution in [2.24, 2.45) is 15.7 Å². The van der Waals surface area contributed by atoms with Gasteiger partial charge in [0, 0.05) is 66.5 Å². The van der Waals surface area contributed by atoms with E-state index in [1.54, 1.807) is 18.9 Å². The van der Waals surface area contributed by atoms with E-state index < -0.39 is 22.3 Å². The first kappa shape index (κ1) is 42.5. The van der Waals surface area contributed by atoms with Crippen molar-refractivity contribution < 1.29 is 24.2 Å². The van der Waals surface area contributed by atoms with Gasteiger partial charge in [0.1, 0.15) is 22.7 Å². The molecular weight excluding hydrogens is 906 g/mol. The normalized spacial score (nSPS) is 27.2. The number of halogens is 2. The van der Waals surface area contributed by atoms with Gasteiger partial charge in [0.2, 0.25) is 0 Å². The predicted molar refractivity (Wildman–Crippen MR) is 245 cm³/mol.